The number of nitrogens with one attached hydrogen (secondary N) is 2. The third kappa shape index (κ3) is 5.70. The summed E-state index contributed by atoms with van der Waals surface area (Å²) in [5, 5.41) is 5.70. The molecule has 0 aromatic heterocycles. The van der Waals surface area contributed by atoms with Gasteiger partial charge in [0, 0.05) is 25.6 Å². The maximum absolute atomic E-state index is 13.2. The van der Waals surface area contributed by atoms with Crippen molar-refractivity contribution in [2.24, 2.45) is 0 Å². The van der Waals surface area contributed by atoms with E-state index in [1.54, 1.807) is 13.1 Å². The minimum atomic E-state index is -0.273. The Morgan fingerprint density at radius 2 is 2.21 bits per heavy atom. The molecule has 0 radical (unpaired) electrons. The van der Waals surface area contributed by atoms with Crippen LogP contribution in [-0.4, -0.2) is 26.1 Å². The molecule has 0 fully saturated rings. The number of halogens is 1. The zero-order valence-corrected chi connectivity index (χ0v) is 11.5. The highest BCUT2D eigenvalue weighted by molar-refractivity contribution is 5.75. The van der Waals surface area contributed by atoms with Crippen molar-refractivity contribution in [2.75, 3.05) is 20.2 Å². The topological polar surface area (TPSA) is 50.4 Å². The second-order valence-electron chi connectivity index (χ2n) is 4.16. The van der Waals surface area contributed by atoms with Gasteiger partial charge in [0.2, 0.25) is 5.91 Å². The van der Waals surface area contributed by atoms with Crippen molar-refractivity contribution in [1.29, 1.82) is 0 Å². The van der Waals surface area contributed by atoms with E-state index in [1.807, 2.05) is 6.92 Å². The van der Waals surface area contributed by atoms with Gasteiger partial charge in [0.1, 0.15) is 11.6 Å². The highest BCUT2D eigenvalue weighted by atomic mass is 19.1. The van der Waals surface area contributed by atoms with Crippen LogP contribution < -0.4 is 15.4 Å². The van der Waals surface area contributed by atoms with E-state index in [0.717, 1.165) is 12.1 Å². The Morgan fingerprint density at radius 1 is 1.42 bits per heavy atom. The average Bonchev–Trinajstić information content (AvgIpc) is 2.42. The molecule has 0 aliphatic rings. The van der Waals surface area contributed by atoms with E-state index in [1.165, 1.54) is 12.1 Å². The van der Waals surface area contributed by atoms with E-state index in [4.69, 9.17) is 4.74 Å². The van der Waals surface area contributed by atoms with E-state index < -0.39 is 0 Å². The fourth-order valence-electron chi connectivity index (χ4n) is 1.63. The summed E-state index contributed by atoms with van der Waals surface area (Å²) in [6.45, 7) is 3.81. The van der Waals surface area contributed by atoms with Crippen molar-refractivity contribution in [3.8, 4) is 5.75 Å². The van der Waals surface area contributed by atoms with Crippen LogP contribution in [0.4, 0.5) is 4.39 Å². The zero-order chi connectivity index (χ0) is 14.1. The molecule has 4 nitrogen and oxygen atoms in total. The van der Waals surface area contributed by atoms with Gasteiger partial charge in [0.15, 0.2) is 0 Å². The Hall–Kier alpha value is -1.62. The maximum Gasteiger partial charge on any atom is 0.219 e. The molecule has 106 valence electrons. The lowest BCUT2D eigenvalue weighted by Crippen LogP contribution is -2.18. The summed E-state index contributed by atoms with van der Waals surface area (Å²) in [4.78, 5) is 11.0. The summed E-state index contributed by atoms with van der Waals surface area (Å²) < 4.78 is 18.8. The number of hydrogen-bond donors (Lipinski definition) is 2. The van der Waals surface area contributed by atoms with E-state index in [9.17, 15) is 9.18 Å². The minimum Gasteiger partial charge on any atom is -0.493 e. The summed E-state index contributed by atoms with van der Waals surface area (Å²) in [7, 11) is 1.61. The number of benzene rings is 1. The lowest BCUT2D eigenvalue weighted by molar-refractivity contribution is -0.120. The Labute approximate surface area is 113 Å². The Kier molecular flexibility index (Phi) is 6.89. The van der Waals surface area contributed by atoms with Gasteiger partial charge in [0.05, 0.1) is 6.61 Å². The molecule has 0 bridgehead atoms. The first-order valence-electron chi connectivity index (χ1n) is 6.50. The summed E-state index contributed by atoms with van der Waals surface area (Å²) >= 11 is 0. The SMILES string of the molecule is CCNCc1cc(F)ccc1OCCCC(=O)NC. The van der Waals surface area contributed by atoms with Crippen molar-refractivity contribution >= 4 is 5.91 Å². The predicted octanol–water partition coefficient (Wildman–Crippen LogP) is 1.84. The molecular formula is C14H21FN2O2. The monoisotopic (exact) mass is 268 g/mol. The first-order chi connectivity index (χ1) is 9.17. The highest BCUT2D eigenvalue weighted by Gasteiger charge is 2.05. The van der Waals surface area contributed by atoms with Crippen LogP contribution >= 0.6 is 0 Å². The molecule has 1 rings (SSSR count). The van der Waals surface area contributed by atoms with Gasteiger partial charge >= 0.3 is 0 Å². The number of hydrogen-bond acceptors (Lipinski definition) is 3. The van der Waals surface area contributed by atoms with Crippen LogP contribution in [0.5, 0.6) is 5.75 Å². The van der Waals surface area contributed by atoms with Crippen LogP contribution in [0.15, 0.2) is 18.2 Å². The van der Waals surface area contributed by atoms with Crippen molar-refractivity contribution in [2.45, 2.75) is 26.3 Å². The number of rotatable bonds is 8. The van der Waals surface area contributed by atoms with Gasteiger partial charge < -0.3 is 15.4 Å². The van der Waals surface area contributed by atoms with Crippen LogP contribution in [-0.2, 0) is 11.3 Å². The molecule has 0 aliphatic heterocycles. The second-order valence-corrected chi connectivity index (χ2v) is 4.16. The summed E-state index contributed by atoms with van der Waals surface area (Å²) in [6, 6.07) is 4.47. The smallest absolute Gasteiger partial charge is 0.219 e. The fraction of sp³-hybridized carbons (Fsp3) is 0.500. The summed E-state index contributed by atoms with van der Waals surface area (Å²) in [5.74, 6) is 0.389. The Morgan fingerprint density at radius 3 is 2.89 bits per heavy atom. The summed E-state index contributed by atoms with van der Waals surface area (Å²) in [6.07, 6.45) is 1.07. The van der Waals surface area contributed by atoms with Crippen molar-refractivity contribution in [3.05, 3.63) is 29.6 Å². The van der Waals surface area contributed by atoms with Crippen LogP contribution in [0.3, 0.4) is 0 Å². The molecule has 1 aromatic carbocycles. The molecule has 0 spiro atoms. The van der Waals surface area contributed by atoms with Gasteiger partial charge in [-0.2, -0.15) is 0 Å². The summed E-state index contributed by atoms with van der Waals surface area (Å²) in [5.41, 5.74) is 0.793. The number of carbonyl (C=O) groups is 1. The number of carbonyl (C=O) groups excluding carboxylic acids is 1. The van der Waals surface area contributed by atoms with E-state index in [0.29, 0.717) is 31.7 Å². The number of amides is 1. The van der Waals surface area contributed by atoms with Gasteiger partial charge in [-0.1, -0.05) is 6.92 Å². The van der Waals surface area contributed by atoms with E-state index in [2.05, 4.69) is 10.6 Å². The van der Waals surface area contributed by atoms with Gasteiger partial charge in [-0.25, -0.2) is 4.39 Å². The first kappa shape index (κ1) is 15.4. The molecule has 0 saturated heterocycles. The third-order valence-corrected chi connectivity index (χ3v) is 2.67. The van der Waals surface area contributed by atoms with E-state index in [-0.39, 0.29) is 11.7 Å². The molecule has 0 unspecified atom stereocenters. The Bertz CT molecular complexity index is 410. The largest absolute Gasteiger partial charge is 0.493 e. The molecule has 0 saturated carbocycles. The van der Waals surface area contributed by atoms with Crippen LogP contribution in [0.25, 0.3) is 0 Å². The minimum absolute atomic E-state index is 0.00409. The van der Waals surface area contributed by atoms with Gasteiger partial charge in [0.25, 0.3) is 0 Å². The molecular weight excluding hydrogens is 247 g/mol. The standard InChI is InChI=1S/C14H21FN2O2/c1-3-17-10-11-9-12(15)6-7-13(11)19-8-4-5-14(18)16-2/h6-7,9,17H,3-5,8,10H2,1-2H3,(H,16,18). The quantitative estimate of drug-likeness (QED) is 0.707. The van der Waals surface area contributed by atoms with Crippen LogP contribution in [0.2, 0.25) is 0 Å². The van der Waals surface area contributed by atoms with Crippen molar-refractivity contribution in [1.82, 2.24) is 10.6 Å². The molecule has 2 N–H and O–H groups in total. The number of ether oxygens (including phenoxy) is 1. The third-order valence-electron chi connectivity index (χ3n) is 2.67. The zero-order valence-electron chi connectivity index (χ0n) is 11.5. The molecule has 0 aliphatic carbocycles. The fourth-order valence-corrected chi connectivity index (χ4v) is 1.63. The van der Waals surface area contributed by atoms with Gasteiger partial charge in [-0.3, -0.25) is 4.79 Å². The molecule has 0 heterocycles. The van der Waals surface area contributed by atoms with Crippen LogP contribution in [0.1, 0.15) is 25.3 Å². The normalized spacial score (nSPS) is 10.3. The average molecular weight is 268 g/mol. The lowest BCUT2D eigenvalue weighted by Gasteiger charge is -2.12. The van der Waals surface area contributed by atoms with E-state index >= 15 is 0 Å². The second kappa shape index (κ2) is 8.48. The molecule has 1 aromatic rings. The predicted molar refractivity (Wildman–Crippen MR) is 72.6 cm³/mol. The van der Waals surface area contributed by atoms with Gasteiger partial charge in [-0.15, -0.1) is 0 Å². The first-order valence-corrected chi connectivity index (χ1v) is 6.50. The highest BCUT2D eigenvalue weighted by Crippen LogP contribution is 2.20. The van der Waals surface area contributed by atoms with Crippen molar-refractivity contribution in [3.63, 3.8) is 0 Å². The molecule has 0 atom stereocenters. The molecule has 19 heavy (non-hydrogen) atoms. The molecule has 5 heteroatoms. The molecule has 1 amide bonds. The maximum atomic E-state index is 13.2. The Balaban J connectivity index is 2.49. The van der Waals surface area contributed by atoms with Gasteiger partial charge in [-0.05, 0) is 31.2 Å². The lowest BCUT2D eigenvalue weighted by atomic mass is 10.2. The van der Waals surface area contributed by atoms with Crippen LogP contribution in [0, 0.1) is 5.82 Å². The van der Waals surface area contributed by atoms with Crippen molar-refractivity contribution < 1.29 is 13.9 Å².